The average molecular weight is 122 g/mol. The van der Waals surface area contributed by atoms with E-state index in [9.17, 15) is 0 Å². The zero-order valence-electron chi connectivity index (χ0n) is 2.99. The third-order valence-electron chi connectivity index (χ3n) is 0. The van der Waals surface area contributed by atoms with Gasteiger partial charge in [0.1, 0.15) is 7.28 Å². The summed E-state index contributed by atoms with van der Waals surface area (Å²) in [6.45, 7) is 4.00. The predicted octanol–water partition coefficient (Wildman–Crippen LogP) is 1.36. The lowest BCUT2D eigenvalue weighted by Gasteiger charge is -1.41. The summed E-state index contributed by atoms with van der Waals surface area (Å²) in [6.07, 6.45) is 0. The lowest BCUT2D eigenvalue weighted by molar-refractivity contribution is 2.14. The van der Waals surface area contributed by atoms with Crippen molar-refractivity contribution in [2.45, 2.75) is 13.6 Å². The minimum absolute atomic E-state index is 0. The molecule has 4 heavy (non-hydrogen) atoms. The first kappa shape index (κ1) is 8.82. The molecule has 0 fully saturated rings. The first-order valence-corrected chi connectivity index (χ1v) is 1.15. The van der Waals surface area contributed by atoms with Gasteiger partial charge in [-0.3, -0.25) is 0 Å². The predicted molar refractivity (Wildman–Crippen MR) is 27.8 cm³/mol. The second-order valence-electron chi connectivity index (χ2n) is 0.577. The number of hydrogen-bond acceptors (Lipinski definition) is 0. The van der Waals surface area contributed by atoms with Crippen LogP contribution in [0.25, 0.3) is 0 Å². The van der Waals surface area contributed by atoms with Crippen molar-refractivity contribution in [3.8, 4) is 0 Å². The molecular formula is C2H7BBr. The zero-order chi connectivity index (χ0) is 2.71. The highest BCUT2D eigenvalue weighted by molar-refractivity contribution is 8.93. The van der Waals surface area contributed by atoms with Crippen LogP contribution in [0.1, 0.15) is 0 Å². The molecule has 0 N–H and O–H groups in total. The Bertz CT molecular complexity index is 6.00. The summed E-state index contributed by atoms with van der Waals surface area (Å²) >= 11 is 0. The van der Waals surface area contributed by atoms with Gasteiger partial charge in [-0.15, -0.1) is 17.0 Å². The third kappa shape index (κ3) is 20.5. The van der Waals surface area contributed by atoms with Gasteiger partial charge in [-0.2, -0.15) is 0 Å². The van der Waals surface area contributed by atoms with Crippen LogP contribution in [0.4, 0.5) is 0 Å². The summed E-state index contributed by atoms with van der Waals surface area (Å²) in [5.74, 6) is 0. The number of hydrogen-bond donors (Lipinski definition) is 0. The van der Waals surface area contributed by atoms with Gasteiger partial charge in [-0.05, 0) is 0 Å². The van der Waals surface area contributed by atoms with Gasteiger partial charge in [0, 0.05) is 0 Å². The normalized spacial score (nSPS) is 3.50. The molecule has 0 aromatic heterocycles. The molecule has 25 valence electrons. The molecule has 0 amide bonds. The van der Waals surface area contributed by atoms with Gasteiger partial charge < -0.3 is 0 Å². The Kier molecular flexibility index (Phi) is 21.2. The molecule has 0 aliphatic rings. The SMILES string of the molecule is Br.C[B]C. The third-order valence-corrected chi connectivity index (χ3v) is 0. The summed E-state index contributed by atoms with van der Waals surface area (Å²) in [7, 11) is 2.00. The van der Waals surface area contributed by atoms with Gasteiger partial charge in [0.05, 0.1) is 0 Å². The van der Waals surface area contributed by atoms with E-state index in [1.165, 1.54) is 0 Å². The molecule has 0 spiro atoms. The maximum Gasteiger partial charge on any atom is 0.102 e. The van der Waals surface area contributed by atoms with Crippen molar-refractivity contribution in [3.63, 3.8) is 0 Å². The van der Waals surface area contributed by atoms with Crippen molar-refractivity contribution in [1.82, 2.24) is 0 Å². The molecule has 0 saturated carbocycles. The Labute approximate surface area is 38.6 Å². The zero-order valence-corrected chi connectivity index (χ0v) is 4.70. The monoisotopic (exact) mass is 121 g/mol. The van der Waals surface area contributed by atoms with Crippen LogP contribution in [0.3, 0.4) is 0 Å². The Morgan fingerprint density at radius 1 is 1.25 bits per heavy atom. The van der Waals surface area contributed by atoms with E-state index in [0.717, 1.165) is 0 Å². The van der Waals surface area contributed by atoms with Crippen LogP contribution in [0.15, 0.2) is 0 Å². The van der Waals surface area contributed by atoms with Crippen molar-refractivity contribution in [1.29, 1.82) is 0 Å². The molecule has 0 aliphatic heterocycles. The van der Waals surface area contributed by atoms with Gasteiger partial charge in [0.25, 0.3) is 0 Å². The van der Waals surface area contributed by atoms with Crippen LogP contribution >= 0.6 is 17.0 Å². The van der Waals surface area contributed by atoms with Crippen LogP contribution in [0.5, 0.6) is 0 Å². The standard InChI is InChI=1S/C2H6B.BrH/c1-3-2;/h1-2H3;1H. The highest BCUT2D eigenvalue weighted by Crippen LogP contribution is 1.36. The second-order valence-corrected chi connectivity index (χ2v) is 0.577. The molecular weight excluding hydrogens is 115 g/mol. The van der Waals surface area contributed by atoms with Crippen molar-refractivity contribution in [2.24, 2.45) is 0 Å². The highest BCUT2D eigenvalue weighted by atomic mass is 79.9. The molecule has 0 rings (SSSR count). The number of rotatable bonds is 0. The Hall–Kier alpha value is 0.545. The van der Waals surface area contributed by atoms with E-state index in [1.807, 2.05) is 20.9 Å². The molecule has 0 aromatic carbocycles. The van der Waals surface area contributed by atoms with Crippen molar-refractivity contribution >= 4 is 24.3 Å². The van der Waals surface area contributed by atoms with E-state index >= 15 is 0 Å². The topological polar surface area (TPSA) is 0 Å². The molecule has 0 saturated heterocycles. The van der Waals surface area contributed by atoms with E-state index in [1.54, 1.807) is 0 Å². The molecule has 0 aliphatic carbocycles. The molecule has 0 aromatic rings. The largest absolute Gasteiger partial charge is 0.114 e. The van der Waals surface area contributed by atoms with Gasteiger partial charge >= 0.3 is 0 Å². The summed E-state index contributed by atoms with van der Waals surface area (Å²) in [5.41, 5.74) is 0. The fourth-order valence-corrected chi connectivity index (χ4v) is 0. The molecule has 0 bridgehead atoms. The number of halogens is 1. The summed E-state index contributed by atoms with van der Waals surface area (Å²) in [5, 5.41) is 0. The van der Waals surface area contributed by atoms with Gasteiger partial charge in [-0.1, -0.05) is 13.6 Å². The highest BCUT2D eigenvalue weighted by Gasteiger charge is 1.42. The Balaban J connectivity index is 0. The Morgan fingerprint density at radius 2 is 1.25 bits per heavy atom. The van der Waals surface area contributed by atoms with E-state index in [0.29, 0.717) is 0 Å². The van der Waals surface area contributed by atoms with E-state index in [2.05, 4.69) is 0 Å². The quantitative estimate of drug-likeness (QED) is 0.425. The van der Waals surface area contributed by atoms with Crippen molar-refractivity contribution < 1.29 is 0 Å². The minimum atomic E-state index is 0. The fraction of sp³-hybridized carbons (Fsp3) is 1.00. The van der Waals surface area contributed by atoms with E-state index < -0.39 is 0 Å². The van der Waals surface area contributed by atoms with Crippen LogP contribution in [0.2, 0.25) is 13.6 Å². The molecule has 0 unspecified atom stereocenters. The maximum atomic E-state index is 2.00. The lowest BCUT2D eigenvalue weighted by atomic mass is 9.88. The first-order valence-electron chi connectivity index (χ1n) is 1.15. The molecule has 2 heteroatoms. The van der Waals surface area contributed by atoms with Gasteiger partial charge in [-0.25, -0.2) is 0 Å². The average Bonchev–Trinajstić information content (AvgIpc) is 0.918. The van der Waals surface area contributed by atoms with Crippen LogP contribution < -0.4 is 0 Å². The molecule has 0 nitrogen and oxygen atoms in total. The summed E-state index contributed by atoms with van der Waals surface area (Å²) in [4.78, 5) is 0. The fourth-order valence-electron chi connectivity index (χ4n) is 0. The minimum Gasteiger partial charge on any atom is -0.114 e. The molecule has 1 radical (unpaired) electrons. The van der Waals surface area contributed by atoms with Crippen LogP contribution in [0, 0.1) is 0 Å². The van der Waals surface area contributed by atoms with Gasteiger partial charge in [0.2, 0.25) is 0 Å². The van der Waals surface area contributed by atoms with Crippen molar-refractivity contribution in [3.05, 3.63) is 0 Å². The van der Waals surface area contributed by atoms with E-state index in [-0.39, 0.29) is 17.0 Å². The smallest absolute Gasteiger partial charge is 0.102 e. The first-order chi connectivity index (χ1) is 1.41. The van der Waals surface area contributed by atoms with Crippen LogP contribution in [-0.2, 0) is 0 Å². The van der Waals surface area contributed by atoms with Crippen molar-refractivity contribution in [2.75, 3.05) is 0 Å². The lowest BCUT2D eigenvalue weighted by Crippen LogP contribution is -1.53. The molecule has 0 heterocycles. The van der Waals surface area contributed by atoms with E-state index in [4.69, 9.17) is 0 Å². The summed E-state index contributed by atoms with van der Waals surface area (Å²) < 4.78 is 0. The second kappa shape index (κ2) is 9.62. The summed E-state index contributed by atoms with van der Waals surface area (Å²) in [6, 6.07) is 0. The van der Waals surface area contributed by atoms with Gasteiger partial charge in [0.15, 0.2) is 0 Å². The maximum absolute atomic E-state index is 2.00. The van der Waals surface area contributed by atoms with Crippen LogP contribution in [-0.4, -0.2) is 7.28 Å². The Morgan fingerprint density at radius 3 is 1.25 bits per heavy atom. The molecule has 0 atom stereocenters.